The van der Waals surface area contributed by atoms with Crippen LogP contribution < -0.4 is 10.5 Å². The van der Waals surface area contributed by atoms with Gasteiger partial charge >= 0.3 is 0 Å². The van der Waals surface area contributed by atoms with Crippen molar-refractivity contribution in [3.05, 3.63) is 29.3 Å². The number of aryl methyl sites for hydroxylation is 1. The lowest BCUT2D eigenvalue weighted by Gasteiger charge is -2.21. The summed E-state index contributed by atoms with van der Waals surface area (Å²) in [6.45, 7) is 2.93. The lowest BCUT2D eigenvalue weighted by atomic mass is 9.89. The molecule has 0 fully saturated rings. The van der Waals surface area contributed by atoms with Crippen molar-refractivity contribution < 1.29 is 4.74 Å². The smallest absolute Gasteiger partial charge is 0.119 e. The molecule has 1 aliphatic carbocycles. The second kappa shape index (κ2) is 4.67. The molecule has 1 aliphatic rings. The van der Waals surface area contributed by atoms with Crippen LogP contribution in [0.2, 0.25) is 0 Å². The van der Waals surface area contributed by atoms with Crippen LogP contribution in [0, 0.1) is 0 Å². The number of nitrogens with two attached hydrogens (primary N) is 1. The molecular formula is C13H19NO. The second-order valence-electron chi connectivity index (χ2n) is 4.28. The van der Waals surface area contributed by atoms with Crippen molar-refractivity contribution in [2.45, 2.75) is 38.6 Å². The molecule has 82 valence electrons. The first-order valence-corrected chi connectivity index (χ1v) is 5.79. The number of rotatable bonds is 3. The zero-order valence-corrected chi connectivity index (χ0v) is 9.33. The van der Waals surface area contributed by atoms with E-state index in [0.29, 0.717) is 6.04 Å². The van der Waals surface area contributed by atoms with E-state index in [-0.39, 0.29) is 0 Å². The van der Waals surface area contributed by atoms with Gasteiger partial charge in [0.15, 0.2) is 0 Å². The Hall–Kier alpha value is -1.02. The van der Waals surface area contributed by atoms with Crippen molar-refractivity contribution >= 4 is 0 Å². The molecule has 2 rings (SSSR count). The molecule has 0 amide bonds. The first-order valence-electron chi connectivity index (χ1n) is 5.79. The Labute approximate surface area is 91.4 Å². The predicted octanol–water partition coefficient (Wildman–Crippen LogP) is 2.29. The molecule has 0 aromatic heterocycles. The molecule has 0 saturated heterocycles. The molecule has 0 radical (unpaired) electrons. The van der Waals surface area contributed by atoms with Gasteiger partial charge in [-0.25, -0.2) is 0 Å². The summed E-state index contributed by atoms with van der Waals surface area (Å²) in [6, 6.07) is 6.75. The molecule has 2 nitrogen and oxygen atoms in total. The Morgan fingerprint density at radius 1 is 1.40 bits per heavy atom. The minimum Gasteiger partial charge on any atom is -0.494 e. The second-order valence-corrected chi connectivity index (χ2v) is 4.28. The maximum atomic E-state index is 5.94. The highest BCUT2D eigenvalue weighted by Gasteiger charge is 2.15. The average Bonchev–Trinajstić information content (AvgIpc) is 2.26. The molecule has 2 heteroatoms. The first-order chi connectivity index (χ1) is 7.29. The van der Waals surface area contributed by atoms with E-state index in [1.54, 1.807) is 0 Å². The zero-order valence-electron chi connectivity index (χ0n) is 9.33. The molecule has 0 bridgehead atoms. The number of ether oxygens (including phenoxy) is 1. The fourth-order valence-electron chi connectivity index (χ4n) is 2.07. The highest BCUT2D eigenvalue weighted by molar-refractivity contribution is 5.37. The summed E-state index contributed by atoms with van der Waals surface area (Å²) in [5.41, 5.74) is 8.76. The monoisotopic (exact) mass is 205 g/mol. The largest absolute Gasteiger partial charge is 0.494 e. The van der Waals surface area contributed by atoms with Crippen LogP contribution in [0.1, 0.15) is 30.9 Å². The van der Waals surface area contributed by atoms with Crippen LogP contribution in [-0.4, -0.2) is 12.6 Å². The maximum absolute atomic E-state index is 5.94. The number of hydrogen-bond donors (Lipinski definition) is 1. The van der Waals surface area contributed by atoms with Crippen molar-refractivity contribution in [2.75, 3.05) is 6.61 Å². The van der Waals surface area contributed by atoms with Gasteiger partial charge in [0.2, 0.25) is 0 Å². The minimum absolute atomic E-state index is 0.347. The van der Waals surface area contributed by atoms with Gasteiger partial charge in [-0.2, -0.15) is 0 Å². The highest BCUT2D eigenvalue weighted by atomic mass is 16.5. The molecular weight excluding hydrogens is 186 g/mol. The molecule has 1 unspecified atom stereocenters. The van der Waals surface area contributed by atoms with Crippen LogP contribution >= 0.6 is 0 Å². The summed E-state index contributed by atoms with van der Waals surface area (Å²) >= 11 is 0. The normalized spacial score (nSPS) is 19.7. The van der Waals surface area contributed by atoms with Crippen molar-refractivity contribution in [3.63, 3.8) is 0 Å². The van der Waals surface area contributed by atoms with Crippen LogP contribution in [0.3, 0.4) is 0 Å². The van der Waals surface area contributed by atoms with Gasteiger partial charge in [0.1, 0.15) is 5.75 Å². The molecule has 15 heavy (non-hydrogen) atoms. The summed E-state index contributed by atoms with van der Waals surface area (Å²) in [5.74, 6) is 1.01. The Bertz CT molecular complexity index is 335. The van der Waals surface area contributed by atoms with Crippen LogP contribution in [0.5, 0.6) is 5.75 Å². The Morgan fingerprint density at radius 3 is 3.07 bits per heavy atom. The molecule has 0 heterocycles. The number of hydrogen-bond acceptors (Lipinski definition) is 2. The van der Waals surface area contributed by atoms with E-state index >= 15 is 0 Å². The van der Waals surface area contributed by atoms with E-state index in [1.807, 2.05) is 0 Å². The molecule has 0 aliphatic heterocycles. The van der Waals surface area contributed by atoms with Gasteiger partial charge in [-0.05, 0) is 48.9 Å². The lowest BCUT2D eigenvalue weighted by molar-refractivity contribution is 0.316. The third-order valence-electron chi connectivity index (χ3n) is 2.92. The third kappa shape index (κ3) is 2.51. The van der Waals surface area contributed by atoms with Crippen LogP contribution in [0.4, 0.5) is 0 Å². The summed E-state index contributed by atoms with van der Waals surface area (Å²) in [5, 5.41) is 0. The maximum Gasteiger partial charge on any atom is 0.119 e. The Balaban J connectivity index is 2.12. The van der Waals surface area contributed by atoms with E-state index in [0.717, 1.165) is 38.0 Å². The van der Waals surface area contributed by atoms with Crippen molar-refractivity contribution in [1.29, 1.82) is 0 Å². The summed E-state index contributed by atoms with van der Waals surface area (Å²) in [4.78, 5) is 0. The fraction of sp³-hybridized carbons (Fsp3) is 0.538. The van der Waals surface area contributed by atoms with E-state index in [1.165, 1.54) is 11.1 Å². The van der Waals surface area contributed by atoms with E-state index in [4.69, 9.17) is 10.5 Å². The van der Waals surface area contributed by atoms with Crippen LogP contribution in [-0.2, 0) is 12.8 Å². The van der Waals surface area contributed by atoms with Crippen LogP contribution in [0.25, 0.3) is 0 Å². The lowest BCUT2D eigenvalue weighted by Crippen LogP contribution is -2.27. The summed E-state index contributed by atoms with van der Waals surface area (Å²) in [6.07, 6.45) is 4.27. The zero-order chi connectivity index (χ0) is 10.7. The van der Waals surface area contributed by atoms with Crippen molar-refractivity contribution in [1.82, 2.24) is 0 Å². The van der Waals surface area contributed by atoms with Gasteiger partial charge in [0.25, 0.3) is 0 Å². The van der Waals surface area contributed by atoms with E-state index in [9.17, 15) is 0 Å². The Morgan fingerprint density at radius 2 is 2.27 bits per heavy atom. The highest BCUT2D eigenvalue weighted by Crippen LogP contribution is 2.25. The van der Waals surface area contributed by atoms with Gasteiger partial charge in [0, 0.05) is 6.04 Å². The first kappa shape index (κ1) is 10.5. The SMILES string of the molecule is CCCOc1ccc2c(c1)CCC(N)C2. The molecule has 1 aromatic carbocycles. The van der Waals surface area contributed by atoms with Gasteiger partial charge < -0.3 is 10.5 Å². The molecule has 0 spiro atoms. The number of benzene rings is 1. The summed E-state index contributed by atoms with van der Waals surface area (Å²) < 4.78 is 5.62. The molecule has 0 saturated carbocycles. The van der Waals surface area contributed by atoms with E-state index < -0.39 is 0 Å². The van der Waals surface area contributed by atoms with Gasteiger partial charge in [-0.1, -0.05) is 13.0 Å². The molecule has 1 atom stereocenters. The van der Waals surface area contributed by atoms with E-state index in [2.05, 4.69) is 25.1 Å². The standard InChI is InChI=1S/C13H19NO/c1-2-7-15-13-6-4-10-8-12(14)5-3-11(10)9-13/h4,6,9,12H,2-3,5,7-8,14H2,1H3. The average molecular weight is 205 g/mol. The molecule has 2 N–H and O–H groups in total. The van der Waals surface area contributed by atoms with Gasteiger partial charge in [-0.15, -0.1) is 0 Å². The number of fused-ring (bicyclic) bond motifs is 1. The van der Waals surface area contributed by atoms with Crippen molar-refractivity contribution in [3.8, 4) is 5.75 Å². The van der Waals surface area contributed by atoms with Crippen LogP contribution in [0.15, 0.2) is 18.2 Å². The predicted molar refractivity (Wildman–Crippen MR) is 62.2 cm³/mol. The van der Waals surface area contributed by atoms with Crippen molar-refractivity contribution in [2.24, 2.45) is 5.73 Å². The minimum atomic E-state index is 0.347. The van der Waals surface area contributed by atoms with Gasteiger partial charge in [0.05, 0.1) is 6.61 Å². The fourth-order valence-corrected chi connectivity index (χ4v) is 2.07. The topological polar surface area (TPSA) is 35.2 Å². The summed E-state index contributed by atoms with van der Waals surface area (Å²) in [7, 11) is 0. The third-order valence-corrected chi connectivity index (χ3v) is 2.92. The van der Waals surface area contributed by atoms with Gasteiger partial charge in [-0.3, -0.25) is 0 Å². The Kier molecular flexibility index (Phi) is 3.27. The molecule has 1 aromatic rings. The quantitative estimate of drug-likeness (QED) is 0.821.